The van der Waals surface area contributed by atoms with Crippen LogP contribution in [0.4, 0.5) is 13.2 Å². The van der Waals surface area contributed by atoms with Gasteiger partial charge in [-0.05, 0) is 37.1 Å². The van der Waals surface area contributed by atoms with Gasteiger partial charge in [-0.25, -0.2) is 0 Å². The second-order valence-electron chi connectivity index (χ2n) is 5.97. The third-order valence-corrected chi connectivity index (χ3v) is 4.78. The molecule has 1 aromatic carbocycles. The van der Waals surface area contributed by atoms with E-state index < -0.39 is 6.36 Å². The van der Waals surface area contributed by atoms with Crippen LogP contribution in [-0.4, -0.2) is 33.2 Å². The molecule has 0 aromatic heterocycles. The van der Waals surface area contributed by atoms with Crippen LogP contribution in [0.1, 0.15) is 18.4 Å². The van der Waals surface area contributed by atoms with Gasteiger partial charge in [0.2, 0.25) is 0 Å². The van der Waals surface area contributed by atoms with E-state index in [4.69, 9.17) is 4.74 Å². The van der Waals surface area contributed by atoms with Gasteiger partial charge < -0.3 is 14.8 Å². The van der Waals surface area contributed by atoms with Gasteiger partial charge in [0.15, 0.2) is 0 Å². The van der Waals surface area contributed by atoms with Gasteiger partial charge in [-0.1, -0.05) is 12.1 Å². The molecule has 3 nitrogen and oxygen atoms in total. The van der Waals surface area contributed by atoms with Crippen molar-refractivity contribution in [1.82, 2.24) is 5.32 Å². The number of benzene rings is 1. The summed E-state index contributed by atoms with van der Waals surface area (Å²) in [5, 5.41) is 3.39. The Morgan fingerprint density at radius 1 is 1.23 bits per heavy atom. The molecule has 1 aliphatic carbocycles. The molecular formula is C15H19ClF3NO2. The maximum Gasteiger partial charge on any atom is 0.573 e. The van der Waals surface area contributed by atoms with Crippen molar-refractivity contribution in [2.75, 3.05) is 26.8 Å². The molecule has 1 saturated carbocycles. The second kappa shape index (κ2) is 5.91. The fourth-order valence-electron chi connectivity index (χ4n) is 3.79. The first-order chi connectivity index (χ1) is 9.91. The van der Waals surface area contributed by atoms with Crippen molar-refractivity contribution in [3.63, 3.8) is 0 Å². The molecule has 0 unspecified atom stereocenters. The van der Waals surface area contributed by atoms with Crippen molar-refractivity contribution in [2.24, 2.45) is 5.41 Å². The maximum absolute atomic E-state index is 12.2. The Hall–Kier alpha value is -0.980. The van der Waals surface area contributed by atoms with E-state index in [0.29, 0.717) is 6.61 Å². The lowest BCUT2D eigenvalue weighted by atomic mass is 9.81. The smallest absolute Gasteiger partial charge is 0.406 e. The van der Waals surface area contributed by atoms with Gasteiger partial charge in [0.1, 0.15) is 5.75 Å². The fourth-order valence-corrected chi connectivity index (χ4v) is 3.79. The van der Waals surface area contributed by atoms with Crippen molar-refractivity contribution in [3.05, 3.63) is 29.8 Å². The SMILES string of the molecule is COC[C@@]12CNCC[C@]1(c1ccc(OC(F)(F)F)cc1)C2.Cl. The molecule has 124 valence electrons. The zero-order valence-electron chi connectivity index (χ0n) is 12.2. The number of hydrogen-bond donors (Lipinski definition) is 1. The minimum Gasteiger partial charge on any atom is -0.406 e. The van der Waals surface area contributed by atoms with E-state index in [2.05, 4.69) is 10.1 Å². The molecule has 2 aliphatic rings. The Morgan fingerprint density at radius 3 is 2.50 bits per heavy atom. The number of ether oxygens (including phenoxy) is 2. The predicted molar refractivity (Wildman–Crippen MR) is 78.5 cm³/mol. The number of hydrogen-bond acceptors (Lipinski definition) is 3. The zero-order valence-corrected chi connectivity index (χ0v) is 13.0. The molecular weight excluding hydrogens is 319 g/mol. The molecule has 1 aromatic rings. The van der Waals surface area contributed by atoms with E-state index in [1.807, 2.05) is 0 Å². The molecule has 2 fully saturated rings. The highest BCUT2D eigenvalue weighted by Crippen LogP contribution is 2.67. The summed E-state index contributed by atoms with van der Waals surface area (Å²) in [5.41, 5.74) is 1.19. The monoisotopic (exact) mass is 337 g/mol. The van der Waals surface area contributed by atoms with Gasteiger partial charge in [-0.2, -0.15) is 0 Å². The van der Waals surface area contributed by atoms with Crippen LogP contribution in [0.15, 0.2) is 24.3 Å². The van der Waals surface area contributed by atoms with Crippen LogP contribution in [0.5, 0.6) is 5.75 Å². The molecule has 1 aliphatic heterocycles. The Labute approximate surface area is 133 Å². The fraction of sp³-hybridized carbons (Fsp3) is 0.600. The number of piperidine rings is 1. The third kappa shape index (κ3) is 2.92. The summed E-state index contributed by atoms with van der Waals surface area (Å²) in [6.45, 7) is 2.48. The number of rotatable bonds is 4. The lowest BCUT2D eigenvalue weighted by Gasteiger charge is -2.31. The molecule has 1 heterocycles. The highest BCUT2D eigenvalue weighted by molar-refractivity contribution is 5.85. The minimum atomic E-state index is -4.64. The van der Waals surface area contributed by atoms with Gasteiger partial charge in [-0.3, -0.25) is 0 Å². The van der Waals surface area contributed by atoms with E-state index in [1.54, 1.807) is 19.2 Å². The Morgan fingerprint density at radius 2 is 1.91 bits per heavy atom. The van der Waals surface area contributed by atoms with Gasteiger partial charge >= 0.3 is 6.36 Å². The van der Waals surface area contributed by atoms with E-state index >= 15 is 0 Å². The lowest BCUT2D eigenvalue weighted by molar-refractivity contribution is -0.274. The summed E-state index contributed by atoms with van der Waals surface area (Å²) in [4.78, 5) is 0. The van der Waals surface area contributed by atoms with Gasteiger partial charge in [-0.15, -0.1) is 25.6 Å². The van der Waals surface area contributed by atoms with Crippen molar-refractivity contribution in [2.45, 2.75) is 24.6 Å². The number of halogens is 4. The summed E-state index contributed by atoms with van der Waals surface area (Å²) in [5.74, 6) is -0.172. The molecule has 0 bridgehead atoms. The number of methoxy groups -OCH3 is 1. The summed E-state index contributed by atoms with van der Waals surface area (Å²) in [7, 11) is 1.69. The van der Waals surface area contributed by atoms with Crippen molar-refractivity contribution >= 4 is 12.4 Å². The van der Waals surface area contributed by atoms with Crippen LogP contribution in [0.25, 0.3) is 0 Å². The summed E-state index contributed by atoms with van der Waals surface area (Å²) < 4.78 is 45.9. The number of nitrogens with one attached hydrogen (secondary N) is 1. The van der Waals surface area contributed by atoms with Gasteiger partial charge in [0, 0.05) is 24.5 Å². The van der Waals surface area contributed by atoms with Crippen molar-refractivity contribution in [3.8, 4) is 5.75 Å². The predicted octanol–water partition coefficient (Wildman–Crippen LogP) is 3.27. The second-order valence-corrected chi connectivity index (χ2v) is 5.97. The van der Waals surface area contributed by atoms with Gasteiger partial charge in [0.05, 0.1) is 6.61 Å². The Kier molecular flexibility index (Phi) is 4.66. The van der Waals surface area contributed by atoms with E-state index in [1.165, 1.54) is 12.1 Å². The number of fused-ring (bicyclic) bond motifs is 1. The van der Waals surface area contributed by atoms with Gasteiger partial charge in [0.25, 0.3) is 0 Å². The molecule has 0 radical (unpaired) electrons. The average molecular weight is 338 g/mol. The normalized spacial score (nSPS) is 30.2. The molecule has 2 atom stereocenters. The quantitative estimate of drug-likeness (QED) is 0.914. The Balaban J connectivity index is 0.00000176. The molecule has 0 spiro atoms. The molecule has 0 amide bonds. The third-order valence-electron chi connectivity index (χ3n) is 4.78. The van der Waals surface area contributed by atoms with Crippen LogP contribution < -0.4 is 10.1 Å². The van der Waals surface area contributed by atoms with Crippen LogP contribution >= 0.6 is 12.4 Å². The molecule has 1 N–H and O–H groups in total. The average Bonchev–Trinajstić information content (AvgIpc) is 3.08. The van der Waals surface area contributed by atoms with Crippen LogP contribution in [0, 0.1) is 5.41 Å². The van der Waals surface area contributed by atoms with Crippen LogP contribution in [-0.2, 0) is 10.2 Å². The summed E-state index contributed by atoms with van der Waals surface area (Å²) in [6.07, 6.45) is -2.65. The zero-order chi connectivity index (χ0) is 15.1. The minimum absolute atomic E-state index is 0. The number of alkyl halides is 3. The largest absolute Gasteiger partial charge is 0.573 e. The molecule has 3 rings (SSSR count). The Bertz CT molecular complexity index is 519. The lowest BCUT2D eigenvalue weighted by Crippen LogP contribution is -2.40. The van der Waals surface area contributed by atoms with Crippen LogP contribution in [0.2, 0.25) is 0 Å². The first-order valence-electron chi connectivity index (χ1n) is 6.97. The summed E-state index contributed by atoms with van der Waals surface area (Å²) >= 11 is 0. The van der Waals surface area contributed by atoms with Crippen LogP contribution in [0.3, 0.4) is 0 Å². The highest BCUT2D eigenvalue weighted by atomic mass is 35.5. The highest BCUT2D eigenvalue weighted by Gasteiger charge is 2.68. The first kappa shape index (κ1) is 17.4. The first-order valence-corrected chi connectivity index (χ1v) is 6.97. The van der Waals surface area contributed by atoms with Crippen molar-refractivity contribution in [1.29, 1.82) is 0 Å². The standard InChI is InChI=1S/C15H18F3NO2.ClH/c1-20-10-13-8-14(13,6-7-19-9-13)11-2-4-12(5-3-11)21-15(16,17)18;/h2-5,19H,6-10H2,1H3;1H/t13-,14-;/m1./s1. The molecule has 22 heavy (non-hydrogen) atoms. The van der Waals surface area contributed by atoms with E-state index in [0.717, 1.165) is 31.5 Å². The van der Waals surface area contributed by atoms with E-state index in [9.17, 15) is 13.2 Å². The van der Waals surface area contributed by atoms with Crippen molar-refractivity contribution < 1.29 is 22.6 Å². The summed E-state index contributed by atoms with van der Waals surface area (Å²) in [6, 6.07) is 6.30. The topological polar surface area (TPSA) is 30.5 Å². The molecule has 7 heteroatoms. The molecule has 1 saturated heterocycles. The van der Waals surface area contributed by atoms with E-state index in [-0.39, 0.29) is 29.0 Å². The maximum atomic E-state index is 12.2.